The SMILES string of the molecule is COc1cc(CN(CC(N)=O)c2nc3ccccc3s2)ccc1OCc1ccccc1. The molecule has 2 N–H and O–H groups in total. The van der Waals surface area contributed by atoms with Crippen LogP contribution in [0.15, 0.2) is 72.8 Å². The van der Waals surface area contributed by atoms with Gasteiger partial charge < -0.3 is 20.1 Å². The molecule has 158 valence electrons. The van der Waals surface area contributed by atoms with Crippen LogP contribution in [0.3, 0.4) is 0 Å². The predicted octanol–water partition coefficient (Wildman–Crippen LogP) is 4.38. The Kier molecular flexibility index (Phi) is 6.33. The number of nitrogens with two attached hydrogens (primary N) is 1. The normalized spacial score (nSPS) is 10.7. The second-order valence-corrected chi connectivity index (χ2v) is 8.06. The van der Waals surface area contributed by atoms with Crippen molar-refractivity contribution < 1.29 is 14.3 Å². The number of aromatic nitrogens is 1. The predicted molar refractivity (Wildman–Crippen MR) is 124 cm³/mol. The Morgan fingerprint density at radius 1 is 1.00 bits per heavy atom. The molecular formula is C24H23N3O3S. The minimum absolute atomic E-state index is 0.0778. The lowest BCUT2D eigenvalue weighted by Crippen LogP contribution is -2.33. The van der Waals surface area contributed by atoms with Gasteiger partial charge in [0.2, 0.25) is 5.91 Å². The minimum atomic E-state index is -0.408. The zero-order chi connectivity index (χ0) is 21.6. The van der Waals surface area contributed by atoms with Crippen LogP contribution in [0.2, 0.25) is 0 Å². The lowest BCUT2D eigenvalue weighted by atomic mass is 10.2. The lowest BCUT2D eigenvalue weighted by Gasteiger charge is -2.21. The fraction of sp³-hybridized carbons (Fsp3) is 0.167. The molecule has 3 aromatic carbocycles. The van der Waals surface area contributed by atoms with Crippen LogP contribution in [0.4, 0.5) is 5.13 Å². The smallest absolute Gasteiger partial charge is 0.237 e. The zero-order valence-corrected chi connectivity index (χ0v) is 18.0. The molecule has 1 aromatic heterocycles. The molecule has 0 spiro atoms. The number of hydrogen-bond acceptors (Lipinski definition) is 6. The maximum absolute atomic E-state index is 11.7. The van der Waals surface area contributed by atoms with E-state index in [1.165, 1.54) is 11.3 Å². The van der Waals surface area contributed by atoms with Gasteiger partial charge in [0.25, 0.3) is 0 Å². The summed E-state index contributed by atoms with van der Waals surface area (Å²) in [6.45, 7) is 1.00. The number of carbonyl (C=O) groups is 1. The second-order valence-electron chi connectivity index (χ2n) is 7.05. The molecule has 0 saturated heterocycles. The number of benzene rings is 3. The monoisotopic (exact) mass is 433 g/mol. The van der Waals surface area contributed by atoms with E-state index in [1.54, 1.807) is 7.11 Å². The number of thiazole rings is 1. The highest BCUT2D eigenvalue weighted by Gasteiger charge is 2.16. The van der Waals surface area contributed by atoms with Crippen LogP contribution in [-0.2, 0) is 17.9 Å². The number of anilines is 1. The molecule has 4 rings (SSSR count). The minimum Gasteiger partial charge on any atom is -0.493 e. The largest absolute Gasteiger partial charge is 0.493 e. The van der Waals surface area contributed by atoms with Crippen LogP contribution in [0.5, 0.6) is 11.5 Å². The highest BCUT2D eigenvalue weighted by molar-refractivity contribution is 7.22. The average molecular weight is 434 g/mol. The van der Waals surface area contributed by atoms with Crippen molar-refractivity contribution in [2.45, 2.75) is 13.2 Å². The van der Waals surface area contributed by atoms with Gasteiger partial charge in [-0.25, -0.2) is 4.98 Å². The molecule has 0 aliphatic carbocycles. The van der Waals surface area contributed by atoms with E-state index in [0.29, 0.717) is 24.7 Å². The molecule has 1 heterocycles. The number of fused-ring (bicyclic) bond motifs is 1. The first-order valence-corrected chi connectivity index (χ1v) is 10.7. The molecular weight excluding hydrogens is 410 g/mol. The third-order valence-electron chi connectivity index (χ3n) is 4.74. The fourth-order valence-corrected chi connectivity index (χ4v) is 4.22. The molecule has 0 saturated carbocycles. The van der Waals surface area contributed by atoms with E-state index < -0.39 is 5.91 Å². The van der Waals surface area contributed by atoms with Crippen molar-refractivity contribution in [3.8, 4) is 11.5 Å². The number of primary amides is 1. The van der Waals surface area contributed by atoms with E-state index in [9.17, 15) is 4.79 Å². The van der Waals surface area contributed by atoms with Gasteiger partial charge in [-0.3, -0.25) is 4.79 Å². The molecule has 1 amide bonds. The summed E-state index contributed by atoms with van der Waals surface area (Å²) in [5.74, 6) is 0.891. The number of methoxy groups -OCH3 is 1. The Bertz CT molecular complexity index is 1140. The Morgan fingerprint density at radius 2 is 1.77 bits per heavy atom. The summed E-state index contributed by atoms with van der Waals surface area (Å²) in [5.41, 5.74) is 8.45. The van der Waals surface area contributed by atoms with E-state index in [0.717, 1.165) is 26.5 Å². The summed E-state index contributed by atoms with van der Waals surface area (Å²) in [6, 6.07) is 23.6. The molecule has 0 atom stereocenters. The zero-order valence-electron chi connectivity index (χ0n) is 17.2. The van der Waals surface area contributed by atoms with Crippen molar-refractivity contribution in [2.75, 3.05) is 18.6 Å². The van der Waals surface area contributed by atoms with Gasteiger partial charge in [-0.1, -0.05) is 59.9 Å². The number of ether oxygens (including phenoxy) is 2. The van der Waals surface area contributed by atoms with Crippen LogP contribution in [0, 0.1) is 0 Å². The Balaban J connectivity index is 1.54. The van der Waals surface area contributed by atoms with Crippen molar-refractivity contribution >= 4 is 32.6 Å². The Hall–Kier alpha value is -3.58. The van der Waals surface area contributed by atoms with Gasteiger partial charge >= 0.3 is 0 Å². The van der Waals surface area contributed by atoms with E-state index >= 15 is 0 Å². The molecule has 4 aromatic rings. The Morgan fingerprint density at radius 3 is 2.52 bits per heavy atom. The first-order chi connectivity index (χ1) is 15.1. The van der Waals surface area contributed by atoms with Crippen LogP contribution >= 0.6 is 11.3 Å². The van der Waals surface area contributed by atoms with E-state index in [4.69, 9.17) is 15.2 Å². The molecule has 0 unspecified atom stereocenters. The lowest BCUT2D eigenvalue weighted by molar-refractivity contribution is -0.116. The highest BCUT2D eigenvalue weighted by atomic mass is 32.1. The molecule has 31 heavy (non-hydrogen) atoms. The summed E-state index contributed by atoms with van der Waals surface area (Å²) >= 11 is 1.54. The summed E-state index contributed by atoms with van der Waals surface area (Å²) in [7, 11) is 1.61. The van der Waals surface area contributed by atoms with Crippen LogP contribution in [0.1, 0.15) is 11.1 Å². The molecule has 0 bridgehead atoms. The summed E-state index contributed by atoms with van der Waals surface area (Å²) in [4.78, 5) is 18.2. The van der Waals surface area contributed by atoms with Crippen molar-refractivity contribution in [1.82, 2.24) is 4.98 Å². The molecule has 0 aliphatic rings. The van der Waals surface area contributed by atoms with Gasteiger partial charge in [0.15, 0.2) is 16.6 Å². The molecule has 0 fully saturated rings. The molecule has 7 heteroatoms. The number of nitrogens with zero attached hydrogens (tertiary/aromatic N) is 2. The van der Waals surface area contributed by atoms with Crippen molar-refractivity contribution in [1.29, 1.82) is 0 Å². The van der Waals surface area contributed by atoms with Gasteiger partial charge in [-0.15, -0.1) is 0 Å². The maximum Gasteiger partial charge on any atom is 0.237 e. The van der Waals surface area contributed by atoms with Crippen LogP contribution < -0.4 is 20.1 Å². The number of para-hydroxylation sites is 1. The second kappa shape index (κ2) is 9.49. The molecule has 0 aliphatic heterocycles. The first kappa shape index (κ1) is 20.7. The van der Waals surface area contributed by atoms with E-state index in [-0.39, 0.29) is 6.54 Å². The van der Waals surface area contributed by atoms with Gasteiger partial charge in [0, 0.05) is 6.54 Å². The average Bonchev–Trinajstić information content (AvgIpc) is 3.22. The van der Waals surface area contributed by atoms with E-state index in [2.05, 4.69) is 4.98 Å². The number of carbonyl (C=O) groups excluding carboxylic acids is 1. The molecule has 6 nitrogen and oxygen atoms in total. The van der Waals surface area contributed by atoms with Crippen LogP contribution in [-0.4, -0.2) is 24.5 Å². The topological polar surface area (TPSA) is 77.7 Å². The van der Waals surface area contributed by atoms with Gasteiger partial charge in [0.1, 0.15) is 6.61 Å². The van der Waals surface area contributed by atoms with Crippen molar-refractivity contribution in [3.05, 3.63) is 83.9 Å². The van der Waals surface area contributed by atoms with Crippen molar-refractivity contribution in [2.24, 2.45) is 5.73 Å². The summed E-state index contributed by atoms with van der Waals surface area (Å²) < 4.78 is 12.5. The first-order valence-electron chi connectivity index (χ1n) is 9.85. The number of rotatable bonds is 9. The fourth-order valence-electron chi connectivity index (χ4n) is 3.26. The van der Waals surface area contributed by atoms with E-state index in [1.807, 2.05) is 77.7 Å². The maximum atomic E-state index is 11.7. The highest BCUT2D eigenvalue weighted by Crippen LogP contribution is 2.32. The number of amides is 1. The third kappa shape index (κ3) is 5.13. The standard InChI is InChI=1S/C24H23N3O3S/c1-29-21-13-18(11-12-20(21)30-16-17-7-3-2-4-8-17)14-27(15-23(25)28)24-26-19-9-5-6-10-22(19)31-24/h2-13H,14-16H2,1H3,(H2,25,28). The number of hydrogen-bond donors (Lipinski definition) is 1. The third-order valence-corrected chi connectivity index (χ3v) is 5.84. The van der Waals surface area contributed by atoms with Gasteiger partial charge in [-0.05, 0) is 35.4 Å². The quantitative estimate of drug-likeness (QED) is 0.424. The summed E-state index contributed by atoms with van der Waals surface area (Å²) in [5, 5.41) is 0.753. The van der Waals surface area contributed by atoms with Crippen molar-refractivity contribution in [3.63, 3.8) is 0 Å². The van der Waals surface area contributed by atoms with Crippen LogP contribution in [0.25, 0.3) is 10.2 Å². The van der Waals surface area contributed by atoms with Gasteiger partial charge in [0.05, 0.1) is 23.9 Å². The van der Waals surface area contributed by atoms with Gasteiger partial charge in [-0.2, -0.15) is 0 Å². The Labute approximate surface area is 184 Å². The summed E-state index contributed by atoms with van der Waals surface area (Å²) in [6.07, 6.45) is 0. The molecule has 0 radical (unpaired) electrons.